The van der Waals surface area contributed by atoms with Gasteiger partial charge in [0.15, 0.2) is 0 Å². The number of hydrogen-bond acceptors (Lipinski definition) is 0. The first kappa shape index (κ1) is 5.62. The second-order valence-electron chi connectivity index (χ2n) is 2.79. The van der Waals surface area contributed by atoms with Crippen molar-refractivity contribution < 1.29 is 4.11 Å². The minimum atomic E-state index is 0.526. The van der Waals surface area contributed by atoms with Crippen molar-refractivity contribution in [2.75, 3.05) is 0 Å². The van der Waals surface area contributed by atoms with E-state index in [9.17, 15) is 0 Å². The van der Waals surface area contributed by atoms with Crippen molar-refractivity contribution in [2.24, 2.45) is 5.92 Å². The van der Waals surface area contributed by atoms with Crippen LogP contribution in [0.1, 0.15) is 63.3 Å². The summed E-state index contributed by atoms with van der Waals surface area (Å²) in [5, 5.41) is 0. The van der Waals surface area contributed by atoms with Gasteiger partial charge in [-0.25, -0.2) is 0 Å². The Morgan fingerprint density at radius 2 is 1.30 bits per heavy atom. The summed E-state index contributed by atoms with van der Waals surface area (Å²) in [6, 6.07) is 0. The van der Waals surface area contributed by atoms with Gasteiger partial charge in [0.05, 0.1) is 0 Å². The van der Waals surface area contributed by atoms with Crippen LogP contribution in [0.5, 0.6) is 0 Å². The third-order valence-electron chi connectivity index (χ3n) is 1.84. The largest absolute Gasteiger partial charge is 0.0654 e. The van der Waals surface area contributed by atoms with Gasteiger partial charge in [0.25, 0.3) is 0 Å². The fourth-order valence-electron chi connectivity index (χ4n) is 1.30. The van der Waals surface area contributed by atoms with Crippen molar-refractivity contribution in [2.45, 2.75) is 59.2 Å². The second kappa shape index (κ2) is 7.11. The molecule has 0 saturated heterocycles. The van der Waals surface area contributed by atoms with E-state index in [0.29, 0.717) is 26.6 Å². The average molecular weight is 145 g/mol. The highest BCUT2D eigenvalue weighted by molar-refractivity contribution is 4.56. The molecular weight excluding hydrogens is 120 g/mol. The first-order chi connectivity index (χ1) is 6.35. The molecule has 0 rings (SSSR count). The van der Waals surface area contributed by atoms with Gasteiger partial charge in [-0.15, -0.1) is 0 Å². The van der Waals surface area contributed by atoms with Crippen LogP contribution < -0.4 is 0 Å². The first-order valence-corrected chi connectivity index (χ1v) is 4.22. The van der Waals surface area contributed by atoms with Gasteiger partial charge in [0.2, 0.25) is 0 Å². The van der Waals surface area contributed by atoms with Crippen LogP contribution in [-0.2, 0) is 0 Å². The molecule has 10 heavy (non-hydrogen) atoms. The Morgan fingerprint density at radius 1 is 0.900 bits per heavy atom. The second-order valence-corrected chi connectivity index (χ2v) is 2.79. The molecule has 0 aromatic carbocycles. The quantitative estimate of drug-likeness (QED) is 0.530. The predicted octanol–water partition coefficient (Wildman–Crippen LogP) is 4.00. The highest BCUT2D eigenvalue weighted by Crippen LogP contribution is 2.18. The maximum atomic E-state index is 7.08. The van der Waals surface area contributed by atoms with E-state index in [-0.39, 0.29) is 0 Å². The zero-order valence-corrected chi connectivity index (χ0v) is 6.94. The molecule has 0 aromatic heterocycles. The van der Waals surface area contributed by atoms with Crippen LogP contribution in [0.3, 0.4) is 0 Å². The van der Waals surface area contributed by atoms with Gasteiger partial charge >= 0.3 is 0 Å². The number of hydrogen-bond donors (Lipinski definition) is 0. The molecule has 0 bridgehead atoms. The Bertz CT molecular complexity index is 77.2. The van der Waals surface area contributed by atoms with E-state index in [1.165, 1.54) is 0 Å². The molecule has 62 valence electrons. The van der Waals surface area contributed by atoms with E-state index in [2.05, 4.69) is 0 Å². The fourth-order valence-corrected chi connectivity index (χ4v) is 1.30. The SMILES string of the molecule is [2H]CCCC(CCC[2H])CCC[2H]. The molecule has 0 N–H and O–H groups in total. The summed E-state index contributed by atoms with van der Waals surface area (Å²) in [5.74, 6) is 0.682. The lowest BCUT2D eigenvalue weighted by molar-refractivity contribution is 0.407. The van der Waals surface area contributed by atoms with E-state index < -0.39 is 0 Å². The summed E-state index contributed by atoms with van der Waals surface area (Å²) >= 11 is 0. The Morgan fingerprint density at radius 3 is 1.60 bits per heavy atom. The van der Waals surface area contributed by atoms with Crippen LogP contribution in [0.25, 0.3) is 0 Å². The summed E-state index contributed by atoms with van der Waals surface area (Å²) < 4.78 is 21.2. The maximum absolute atomic E-state index is 7.08. The summed E-state index contributed by atoms with van der Waals surface area (Å²) in [7, 11) is 0. The molecule has 0 radical (unpaired) electrons. The maximum Gasteiger partial charge on any atom is 0.0230 e. The molecule has 0 unspecified atom stereocenters. The summed E-state index contributed by atoms with van der Waals surface area (Å²) in [5.41, 5.74) is 0. The molecule has 0 aliphatic rings. The van der Waals surface area contributed by atoms with E-state index in [1.807, 2.05) is 0 Å². The summed E-state index contributed by atoms with van der Waals surface area (Å²) in [4.78, 5) is 0. The van der Waals surface area contributed by atoms with Crippen molar-refractivity contribution in [3.05, 3.63) is 0 Å². The molecule has 0 atom stereocenters. The summed E-state index contributed by atoms with van der Waals surface area (Å²) in [6.45, 7) is 1.58. The molecule has 0 nitrogen and oxygen atoms in total. The lowest BCUT2D eigenvalue weighted by atomic mass is 9.94. The normalized spacial score (nSPS) is 14.7. The monoisotopic (exact) mass is 145 g/mol. The molecule has 0 aliphatic heterocycles. The van der Waals surface area contributed by atoms with Gasteiger partial charge in [0, 0.05) is 4.11 Å². The minimum Gasteiger partial charge on any atom is -0.0654 e. The van der Waals surface area contributed by atoms with E-state index in [4.69, 9.17) is 4.11 Å². The van der Waals surface area contributed by atoms with Crippen LogP contribution in [-0.4, -0.2) is 0 Å². The zero-order chi connectivity index (χ0) is 9.94. The topological polar surface area (TPSA) is 0 Å². The van der Waals surface area contributed by atoms with Crippen molar-refractivity contribution in [3.63, 3.8) is 0 Å². The first-order valence-electron chi connectivity index (χ1n) is 6.35. The van der Waals surface area contributed by atoms with E-state index >= 15 is 0 Å². The third-order valence-corrected chi connectivity index (χ3v) is 1.84. The molecule has 0 aromatic rings. The highest BCUT2D eigenvalue weighted by atomic mass is 14.1. The molecule has 0 amide bonds. The zero-order valence-electron chi connectivity index (χ0n) is 9.94. The average Bonchev–Trinajstić information content (AvgIpc) is 2.17. The third kappa shape index (κ3) is 4.84. The Hall–Kier alpha value is 0. The van der Waals surface area contributed by atoms with Gasteiger partial charge < -0.3 is 0 Å². The van der Waals surface area contributed by atoms with Crippen molar-refractivity contribution >= 4 is 0 Å². The van der Waals surface area contributed by atoms with Crippen LogP contribution in [0.15, 0.2) is 0 Å². The van der Waals surface area contributed by atoms with Crippen molar-refractivity contribution in [1.82, 2.24) is 0 Å². The van der Waals surface area contributed by atoms with Gasteiger partial charge in [0.1, 0.15) is 0 Å². The standard InChI is InChI=1S/C10H22/c1-4-7-10(8-5-2)9-6-3/h10H,4-9H2,1-3H3/i1D,2D,3D. The Balaban J connectivity index is 3.47. The molecule has 0 spiro atoms. The van der Waals surface area contributed by atoms with Gasteiger partial charge in [-0.1, -0.05) is 59.2 Å². The molecule has 0 heterocycles. The highest BCUT2D eigenvalue weighted by Gasteiger charge is 2.03. The Kier molecular flexibility index (Phi) is 4.00. The van der Waals surface area contributed by atoms with Crippen LogP contribution in [0.4, 0.5) is 0 Å². The molecular formula is C10H22. The van der Waals surface area contributed by atoms with Crippen LogP contribution in [0, 0.1) is 5.92 Å². The van der Waals surface area contributed by atoms with Gasteiger partial charge in [-0.05, 0) is 5.92 Å². The number of rotatable bonds is 6. The Labute approximate surface area is 70.2 Å². The van der Waals surface area contributed by atoms with E-state index in [1.54, 1.807) is 0 Å². The van der Waals surface area contributed by atoms with Gasteiger partial charge in [-0.3, -0.25) is 0 Å². The van der Waals surface area contributed by atoms with Crippen LogP contribution >= 0.6 is 0 Å². The molecule has 0 saturated carbocycles. The summed E-state index contributed by atoms with van der Waals surface area (Å²) in [6.07, 6.45) is 6.35. The molecule has 0 aliphatic carbocycles. The smallest absolute Gasteiger partial charge is 0.0230 e. The fraction of sp³-hybridized carbons (Fsp3) is 1.00. The molecule has 0 heteroatoms. The minimum absolute atomic E-state index is 0.526. The van der Waals surface area contributed by atoms with Gasteiger partial charge in [-0.2, -0.15) is 0 Å². The lowest BCUT2D eigenvalue weighted by Crippen LogP contribution is -1.98. The predicted molar refractivity (Wildman–Crippen MR) is 48.2 cm³/mol. The van der Waals surface area contributed by atoms with E-state index in [0.717, 1.165) is 38.5 Å². The van der Waals surface area contributed by atoms with Crippen molar-refractivity contribution in [1.29, 1.82) is 0 Å². The van der Waals surface area contributed by atoms with Crippen molar-refractivity contribution in [3.8, 4) is 0 Å². The molecule has 0 fully saturated rings. The van der Waals surface area contributed by atoms with Crippen LogP contribution in [0.2, 0.25) is 0 Å². The lowest BCUT2D eigenvalue weighted by Gasteiger charge is -2.12.